The van der Waals surface area contributed by atoms with E-state index in [1.807, 2.05) is 10.9 Å². The smallest absolute Gasteiger partial charge is 0.0828 e. The van der Waals surface area contributed by atoms with Crippen molar-refractivity contribution in [1.82, 2.24) is 15.0 Å². The Morgan fingerprint density at radius 2 is 2.14 bits per heavy atom. The number of aliphatic hydroxyl groups is 1. The summed E-state index contributed by atoms with van der Waals surface area (Å²) in [5.74, 6) is 0. The van der Waals surface area contributed by atoms with Crippen molar-refractivity contribution in [2.24, 2.45) is 0 Å². The number of hydrogen-bond donors (Lipinski definition) is 1. The summed E-state index contributed by atoms with van der Waals surface area (Å²) < 4.78 is 1.94. The van der Waals surface area contributed by atoms with Gasteiger partial charge in [-0.3, -0.25) is 0 Å². The van der Waals surface area contributed by atoms with E-state index in [0.29, 0.717) is 6.04 Å². The third-order valence-electron chi connectivity index (χ3n) is 2.47. The van der Waals surface area contributed by atoms with Gasteiger partial charge in [-0.15, -0.1) is 5.10 Å². The van der Waals surface area contributed by atoms with Crippen molar-refractivity contribution in [3.05, 3.63) is 11.9 Å². The van der Waals surface area contributed by atoms with E-state index in [1.54, 1.807) is 0 Å². The molecule has 0 bridgehead atoms. The summed E-state index contributed by atoms with van der Waals surface area (Å²) in [6.07, 6.45) is 5.74. The Morgan fingerprint density at radius 1 is 1.43 bits per heavy atom. The topological polar surface area (TPSA) is 50.9 Å². The number of hydrogen-bond acceptors (Lipinski definition) is 3. The van der Waals surface area contributed by atoms with Crippen LogP contribution in [0.2, 0.25) is 0 Å². The molecular weight excluding hydrogens is 178 g/mol. The highest BCUT2D eigenvalue weighted by atomic mass is 16.2. The SMILES string of the molecule is CCC(CC)n1cc(CCCO)nn1. The van der Waals surface area contributed by atoms with Gasteiger partial charge in [0.15, 0.2) is 0 Å². The Bertz CT molecular complexity index is 256. The minimum atomic E-state index is 0.220. The monoisotopic (exact) mass is 197 g/mol. The fourth-order valence-electron chi connectivity index (χ4n) is 1.53. The zero-order valence-electron chi connectivity index (χ0n) is 8.98. The van der Waals surface area contributed by atoms with Gasteiger partial charge in [0.1, 0.15) is 0 Å². The molecule has 0 aliphatic heterocycles. The van der Waals surface area contributed by atoms with Gasteiger partial charge >= 0.3 is 0 Å². The lowest BCUT2D eigenvalue weighted by Crippen LogP contribution is -2.07. The van der Waals surface area contributed by atoms with E-state index in [9.17, 15) is 0 Å². The molecule has 0 amide bonds. The largest absolute Gasteiger partial charge is 0.396 e. The highest BCUT2D eigenvalue weighted by Gasteiger charge is 2.08. The van der Waals surface area contributed by atoms with Gasteiger partial charge in [-0.2, -0.15) is 0 Å². The Labute approximate surface area is 84.9 Å². The Morgan fingerprint density at radius 3 is 2.71 bits per heavy atom. The van der Waals surface area contributed by atoms with E-state index >= 15 is 0 Å². The zero-order valence-corrected chi connectivity index (χ0v) is 8.98. The Hall–Kier alpha value is -0.900. The first-order valence-corrected chi connectivity index (χ1v) is 5.33. The number of aromatic nitrogens is 3. The highest BCUT2D eigenvalue weighted by molar-refractivity contribution is 4.93. The summed E-state index contributed by atoms with van der Waals surface area (Å²) in [6, 6.07) is 0.463. The van der Waals surface area contributed by atoms with Crippen LogP contribution < -0.4 is 0 Å². The molecule has 1 aromatic heterocycles. The summed E-state index contributed by atoms with van der Waals surface area (Å²) in [7, 11) is 0. The molecule has 0 unspecified atom stereocenters. The lowest BCUT2D eigenvalue weighted by Gasteiger charge is -2.10. The molecule has 0 aliphatic rings. The van der Waals surface area contributed by atoms with Crippen molar-refractivity contribution < 1.29 is 5.11 Å². The van der Waals surface area contributed by atoms with E-state index in [2.05, 4.69) is 24.2 Å². The van der Waals surface area contributed by atoms with Gasteiger partial charge in [-0.1, -0.05) is 19.1 Å². The van der Waals surface area contributed by atoms with Gasteiger partial charge in [0, 0.05) is 12.8 Å². The Kier molecular flexibility index (Phi) is 4.59. The third kappa shape index (κ3) is 2.80. The maximum Gasteiger partial charge on any atom is 0.0828 e. The molecule has 0 aliphatic carbocycles. The minimum Gasteiger partial charge on any atom is -0.396 e. The molecule has 0 spiro atoms. The van der Waals surface area contributed by atoms with Crippen molar-refractivity contribution in [2.45, 2.75) is 45.6 Å². The predicted octanol–water partition coefficient (Wildman–Crippen LogP) is 1.56. The van der Waals surface area contributed by atoms with Crippen LogP contribution in [0.1, 0.15) is 44.8 Å². The van der Waals surface area contributed by atoms with Gasteiger partial charge < -0.3 is 5.11 Å². The van der Waals surface area contributed by atoms with Crippen molar-refractivity contribution in [3.8, 4) is 0 Å². The van der Waals surface area contributed by atoms with Gasteiger partial charge in [-0.05, 0) is 25.7 Å². The molecule has 0 saturated heterocycles. The number of rotatable bonds is 6. The van der Waals surface area contributed by atoms with Crippen LogP contribution in [0.3, 0.4) is 0 Å². The van der Waals surface area contributed by atoms with Crippen molar-refractivity contribution in [2.75, 3.05) is 6.61 Å². The van der Waals surface area contributed by atoms with Crippen molar-refractivity contribution in [1.29, 1.82) is 0 Å². The predicted molar refractivity (Wildman–Crippen MR) is 55.0 cm³/mol. The summed E-state index contributed by atoms with van der Waals surface area (Å²) in [5, 5.41) is 16.8. The van der Waals surface area contributed by atoms with Crippen LogP contribution in [0.25, 0.3) is 0 Å². The second-order valence-corrected chi connectivity index (χ2v) is 3.49. The fourth-order valence-corrected chi connectivity index (χ4v) is 1.53. The van der Waals surface area contributed by atoms with Crippen LogP contribution in [0, 0.1) is 0 Å². The van der Waals surface area contributed by atoms with E-state index in [0.717, 1.165) is 31.4 Å². The molecule has 1 heterocycles. The molecule has 80 valence electrons. The second kappa shape index (κ2) is 5.75. The average molecular weight is 197 g/mol. The molecule has 4 nitrogen and oxygen atoms in total. The van der Waals surface area contributed by atoms with E-state index in [4.69, 9.17) is 5.11 Å². The molecule has 0 radical (unpaired) electrons. The van der Waals surface area contributed by atoms with Crippen LogP contribution in [0.5, 0.6) is 0 Å². The summed E-state index contributed by atoms with van der Waals surface area (Å²) in [6.45, 7) is 4.53. The fraction of sp³-hybridized carbons (Fsp3) is 0.800. The first kappa shape index (κ1) is 11.2. The van der Waals surface area contributed by atoms with Crippen LogP contribution in [-0.2, 0) is 6.42 Å². The standard InChI is InChI=1S/C10H19N3O/c1-3-10(4-2)13-8-9(11-12-13)6-5-7-14/h8,10,14H,3-7H2,1-2H3. The molecule has 0 fully saturated rings. The molecular formula is C10H19N3O. The first-order chi connectivity index (χ1) is 6.81. The molecule has 1 aromatic rings. The lowest BCUT2D eigenvalue weighted by molar-refractivity contribution is 0.288. The zero-order chi connectivity index (χ0) is 10.4. The van der Waals surface area contributed by atoms with Crippen molar-refractivity contribution in [3.63, 3.8) is 0 Å². The molecule has 1 N–H and O–H groups in total. The maximum atomic E-state index is 8.68. The van der Waals surface area contributed by atoms with Gasteiger partial charge in [0.25, 0.3) is 0 Å². The average Bonchev–Trinajstić information content (AvgIpc) is 2.65. The number of aryl methyl sites for hydroxylation is 1. The molecule has 14 heavy (non-hydrogen) atoms. The van der Waals surface area contributed by atoms with Crippen LogP contribution in [0.15, 0.2) is 6.20 Å². The molecule has 1 rings (SSSR count). The van der Waals surface area contributed by atoms with Crippen LogP contribution >= 0.6 is 0 Å². The molecule has 0 aromatic carbocycles. The summed E-state index contributed by atoms with van der Waals surface area (Å²) in [5.41, 5.74) is 0.978. The summed E-state index contributed by atoms with van der Waals surface area (Å²) in [4.78, 5) is 0. The van der Waals surface area contributed by atoms with Crippen LogP contribution in [0.4, 0.5) is 0 Å². The van der Waals surface area contributed by atoms with Gasteiger partial charge in [0.05, 0.1) is 11.7 Å². The van der Waals surface area contributed by atoms with Crippen LogP contribution in [-0.4, -0.2) is 26.7 Å². The Balaban J connectivity index is 2.57. The molecule has 4 heteroatoms. The normalized spacial score (nSPS) is 11.1. The first-order valence-electron chi connectivity index (χ1n) is 5.33. The van der Waals surface area contributed by atoms with Gasteiger partial charge in [0.2, 0.25) is 0 Å². The third-order valence-corrected chi connectivity index (χ3v) is 2.47. The van der Waals surface area contributed by atoms with Gasteiger partial charge in [-0.25, -0.2) is 4.68 Å². The maximum absolute atomic E-state index is 8.68. The minimum absolute atomic E-state index is 0.220. The lowest BCUT2D eigenvalue weighted by atomic mass is 10.2. The quantitative estimate of drug-likeness (QED) is 0.753. The van der Waals surface area contributed by atoms with Crippen molar-refractivity contribution >= 4 is 0 Å². The van der Waals surface area contributed by atoms with E-state index in [-0.39, 0.29) is 6.61 Å². The molecule has 0 atom stereocenters. The number of aliphatic hydroxyl groups excluding tert-OH is 1. The number of nitrogens with zero attached hydrogens (tertiary/aromatic N) is 3. The summed E-state index contributed by atoms with van der Waals surface area (Å²) >= 11 is 0. The molecule has 0 saturated carbocycles. The second-order valence-electron chi connectivity index (χ2n) is 3.49. The van der Waals surface area contributed by atoms with E-state index in [1.165, 1.54) is 0 Å². The highest BCUT2D eigenvalue weighted by Crippen LogP contribution is 2.13. The van der Waals surface area contributed by atoms with E-state index < -0.39 is 0 Å².